The number of carboxylic acids is 1. The second-order valence-electron chi connectivity index (χ2n) is 5.44. The molecule has 0 saturated carbocycles. The molecule has 2 aliphatic heterocycles. The van der Waals surface area contributed by atoms with Crippen molar-refractivity contribution in [1.82, 2.24) is 15.2 Å². The lowest BCUT2D eigenvalue weighted by molar-refractivity contribution is -0.146. The molecule has 1 unspecified atom stereocenters. The number of oxime groups is 1. The number of aliphatic carboxylic acids is 1. The summed E-state index contributed by atoms with van der Waals surface area (Å²) in [6.45, 7) is 0. The van der Waals surface area contributed by atoms with Gasteiger partial charge in [-0.25, -0.2) is 9.78 Å². The lowest BCUT2D eigenvalue weighted by atomic mass is 10.1. The molecule has 0 spiro atoms. The highest BCUT2D eigenvalue weighted by Gasteiger charge is 2.48. The van der Waals surface area contributed by atoms with E-state index in [9.17, 15) is 19.5 Å². The molecule has 2 amide bonds. The fourth-order valence-electron chi connectivity index (χ4n) is 2.68. The van der Waals surface area contributed by atoms with Gasteiger partial charge < -0.3 is 21.0 Å². The van der Waals surface area contributed by atoms with Gasteiger partial charge in [0.05, 0.1) is 11.8 Å². The molecule has 2 atom stereocenters. The maximum Gasteiger partial charge on any atom is 0.352 e. The Morgan fingerprint density at radius 1 is 1.59 bits per heavy atom. The van der Waals surface area contributed by atoms with E-state index in [1.54, 1.807) is 5.38 Å². The number of fused-ring (bicyclic) bond motifs is 1. The highest BCUT2D eigenvalue weighted by atomic mass is 32.2. The number of carbonyl (C=O) groups excluding carboxylic acids is 2. The summed E-state index contributed by atoms with van der Waals surface area (Å²) in [5.41, 5.74) is 5.94. The number of carboxylic acid groups (broad SMARTS) is 1. The molecular formula is C14H15N5O5S3. The van der Waals surface area contributed by atoms with Crippen LogP contribution in [0.15, 0.2) is 21.8 Å². The normalized spacial score (nSPS) is 22.2. The van der Waals surface area contributed by atoms with Crippen LogP contribution in [0.4, 0.5) is 5.13 Å². The number of anilines is 1. The zero-order valence-electron chi connectivity index (χ0n) is 13.9. The van der Waals surface area contributed by atoms with Crippen molar-refractivity contribution in [2.75, 3.05) is 18.6 Å². The van der Waals surface area contributed by atoms with Crippen molar-refractivity contribution < 1.29 is 24.3 Å². The molecule has 3 rings (SSSR count). The van der Waals surface area contributed by atoms with Crippen LogP contribution in [0.5, 0.6) is 0 Å². The summed E-state index contributed by atoms with van der Waals surface area (Å²) in [7, 11) is 1.29. The first kappa shape index (κ1) is 19.5. The monoisotopic (exact) mass is 429 g/mol. The molecule has 0 bridgehead atoms. The molecule has 0 aromatic carbocycles. The van der Waals surface area contributed by atoms with Crippen molar-refractivity contribution >= 4 is 64.4 Å². The number of carbonyl (C=O) groups is 3. The van der Waals surface area contributed by atoms with Gasteiger partial charge in [0.2, 0.25) is 5.91 Å². The Morgan fingerprint density at radius 2 is 2.33 bits per heavy atom. The van der Waals surface area contributed by atoms with E-state index >= 15 is 0 Å². The molecule has 1 aromatic heterocycles. The Balaban J connectivity index is 1.90. The predicted octanol–water partition coefficient (Wildman–Crippen LogP) is 0.0918. The van der Waals surface area contributed by atoms with Crippen molar-refractivity contribution in [2.24, 2.45) is 5.16 Å². The van der Waals surface area contributed by atoms with Crippen molar-refractivity contribution in [3.8, 4) is 0 Å². The second kappa shape index (κ2) is 7.78. The third kappa shape index (κ3) is 3.61. The molecule has 1 fully saturated rings. The van der Waals surface area contributed by atoms with Gasteiger partial charge in [0.25, 0.3) is 5.91 Å². The number of nitrogens with one attached hydrogen (secondary N) is 1. The van der Waals surface area contributed by atoms with E-state index in [-0.39, 0.29) is 45.7 Å². The number of nitrogens with two attached hydrogens (primary N) is 1. The molecule has 4 N–H and O–H groups in total. The van der Waals surface area contributed by atoms with Crippen molar-refractivity contribution in [2.45, 2.75) is 17.2 Å². The van der Waals surface area contributed by atoms with Crippen LogP contribution in [-0.2, 0) is 19.2 Å². The van der Waals surface area contributed by atoms with E-state index in [0.717, 1.165) is 11.3 Å². The van der Waals surface area contributed by atoms with Crippen LogP contribution >= 0.6 is 35.7 Å². The van der Waals surface area contributed by atoms with Gasteiger partial charge in [0, 0.05) is 16.7 Å². The largest absolute Gasteiger partial charge is 0.477 e. The van der Waals surface area contributed by atoms with Crippen LogP contribution in [-0.4, -0.2) is 62.1 Å². The minimum absolute atomic E-state index is 0.0521. The maximum absolute atomic E-state index is 12.7. The molecule has 10 nitrogen and oxygen atoms in total. The van der Waals surface area contributed by atoms with Crippen LogP contribution in [0.3, 0.4) is 0 Å². The Morgan fingerprint density at radius 3 is 2.85 bits per heavy atom. The standard InChI is InChI=1S/C14H15N5O5S3/c1-24-18-9(6-4-26-14(15)16-6)11(21)17-12-5(3-25)10(13(22)23)19-7(20)2-8(19)27-12/h4,8,12,25H,2-3H2,1H3,(H2,15,16)(H,17,21)(H,22,23)/b18-9-/t8-,12?/m0/s1. The smallest absolute Gasteiger partial charge is 0.352 e. The first-order valence-electron chi connectivity index (χ1n) is 7.55. The SMILES string of the molecule is CO/N=C(\C(=O)NC1S[C@H]2CC(=O)N2C(C(=O)O)=C1CS)c1csc(N)n1. The van der Waals surface area contributed by atoms with Crippen LogP contribution in [0.25, 0.3) is 0 Å². The number of thiol groups is 1. The number of hydrogen-bond acceptors (Lipinski definition) is 10. The zero-order valence-corrected chi connectivity index (χ0v) is 16.4. The Hall–Kier alpha value is -2.25. The minimum Gasteiger partial charge on any atom is -0.477 e. The molecule has 1 saturated heterocycles. The average Bonchev–Trinajstić information content (AvgIpc) is 3.04. The van der Waals surface area contributed by atoms with E-state index in [4.69, 9.17) is 10.6 Å². The number of β-lactam (4-membered cyclic amide) rings is 1. The molecule has 13 heteroatoms. The zero-order chi connectivity index (χ0) is 19.7. The van der Waals surface area contributed by atoms with Crippen molar-refractivity contribution in [3.05, 3.63) is 22.3 Å². The van der Waals surface area contributed by atoms with Gasteiger partial charge >= 0.3 is 5.97 Å². The van der Waals surface area contributed by atoms with Crippen molar-refractivity contribution in [1.29, 1.82) is 0 Å². The van der Waals surface area contributed by atoms with Gasteiger partial charge in [-0.3, -0.25) is 14.5 Å². The molecule has 3 heterocycles. The first-order valence-corrected chi connectivity index (χ1v) is 10.0. The van der Waals surface area contributed by atoms with Gasteiger partial charge in [-0.05, 0) is 0 Å². The maximum atomic E-state index is 12.7. The number of aromatic nitrogens is 1. The number of amides is 2. The summed E-state index contributed by atoms with van der Waals surface area (Å²) < 4.78 is 0. The van der Waals surface area contributed by atoms with E-state index in [1.807, 2.05) is 0 Å². The van der Waals surface area contributed by atoms with E-state index in [0.29, 0.717) is 5.57 Å². The second-order valence-corrected chi connectivity index (χ2v) is 7.94. The number of nitrogens with zero attached hydrogens (tertiary/aromatic N) is 3. The number of rotatable bonds is 6. The quantitative estimate of drug-likeness (QED) is 0.215. The van der Waals surface area contributed by atoms with Crippen LogP contribution < -0.4 is 11.1 Å². The predicted molar refractivity (Wildman–Crippen MR) is 103 cm³/mol. The van der Waals surface area contributed by atoms with E-state index in [1.165, 1.54) is 23.8 Å². The summed E-state index contributed by atoms with van der Waals surface area (Å²) in [5, 5.41) is 16.8. The van der Waals surface area contributed by atoms with Crippen LogP contribution in [0.2, 0.25) is 0 Å². The van der Waals surface area contributed by atoms with Crippen LogP contribution in [0, 0.1) is 0 Å². The lowest BCUT2D eigenvalue weighted by Crippen LogP contribution is -2.57. The number of thiazole rings is 1. The topological polar surface area (TPSA) is 147 Å². The third-order valence-corrected chi connectivity index (χ3v) is 6.24. The number of hydrogen-bond donors (Lipinski definition) is 4. The van der Waals surface area contributed by atoms with Crippen LogP contribution in [0.1, 0.15) is 12.1 Å². The lowest BCUT2D eigenvalue weighted by Gasteiger charge is -2.46. The number of thioether (sulfide) groups is 1. The Bertz CT molecular complexity index is 867. The average molecular weight is 430 g/mol. The molecule has 144 valence electrons. The molecule has 1 aromatic rings. The molecule has 0 radical (unpaired) electrons. The van der Waals surface area contributed by atoms with Gasteiger partial charge in [-0.15, -0.1) is 23.1 Å². The summed E-state index contributed by atoms with van der Waals surface area (Å²) in [6, 6.07) is 0. The Kier molecular flexibility index (Phi) is 5.62. The first-order chi connectivity index (χ1) is 12.9. The van der Waals surface area contributed by atoms with Crippen molar-refractivity contribution in [3.63, 3.8) is 0 Å². The third-order valence-electron chi connectivity index (χ3n) is 3.86. The summed E-state index contributed by atoms with van der Waals surface area (Å²) >= 11 is 6.59. The number of nitrogen functional groups attached to an aromatic ring is 1. The fraction of sp³-hybridized carbons (Fsp3) is 0.357. The summed E-state index contributed by atoms with van der Waals surface area (Å²) in [5.74, 6) is -2.07. The molecule has 2 aliphatic rings. The Labute approximate surface area is 167 Å². The van der Waals surface area contributed by atoms with E-state index in [2.05, 4.69) is 28.1 Å². The molecule has 27 heavy (non-hydrogen) atoms. The summed E-state index contributed by atoms with van der Waals surface area (Å²) in [6.07, 6.45) is 0.204. The minimum atomic E-state index is -1.24. The fourth-order valence-corrected chi connectivity index (χ4v) is 5.12. The van der Waals surface area contributed by atoms with Gasteiger partial charge in [-0.1, -0.05) is 5.16 Å². The highest BCUT2D eigenvalue weighted by Crippen LogP contribution is 2.43. The van der Waals surface area contributed by atoms with Gasteiger partial charge in [0.1, 0.15) is 23.9 Å². The van der Waals surface area contributed by atoms with Gasteiger partial charge in [-0.2, -0.15) is 12.6 Å². The molecule has 0 aliphatic carbocycles. The van der Waals surface area contributed by atoms with Gasteiger partial charge in [0.15, 0.2) is 10.8 Å². The highest BCUT2D eigenvalue weighted by molar-refractivity contribution is 8.00. The molecular weight excluding hydrogens is 414 g/mol. The van der Waals surface area contributed by atoms with E-state index < -0.39 is 17.3 Å². The summed E-state index contributed by atoms with van der Waals surface area (Å²) in [4.78, 5) is 46.2.